The molecule has 0 bridgehead atoms. The fourth-order valence-corrected chi connectivity index (χ4v) is 2.56. The van der Waals surface area contributed by atoms with E-state index in [9.17, 15) is 5.11 Å². The van der Waals surface area contributed by atoms with Crippen molar-refractivity contribution in [2.24, 2.45) is 0 Å². The molecular weight excluding hydrogens is 224 g/mol. The highest BCUT2D eigenvalue weighted by molar-refractivity contribution is 7.11. The first-order chi connectivity index (χ1) is 7.75. The van der Waals surface area contributed by atoms with Gasteiger partial charge in [-0.25, -0.2) is 4.98 Å². The molecule has 1 fully saturated rings. The Bertz CT molecular complexity index is 322. The fraction of sp³-hybridized carbons (Fsp3) is 0.727. The average molecular weight is 242 g/mol. The number of rotatable bonds is 4. The van der Waals surface area contributed by atoms with Crippen LogP contribution < -0.4 is 0 Å². The molecule has 0 radical (unpaired) electrons. The van der Waals surface area contributed by atoms with Crippen molar-refractivity contribution in [1.82, 2.24) is 9.88 Å². The Morgan fingerprint density at radius 3 is 2.94 bits per heavy atom. The standard InChI is InChI=1S/C11H18N2O2S/c1-9(14)10-8-12-11(16-10)2-3-13-4-6-15-7-5-13/h8-9,14H,2-7H2,1H3. The van der Waals surface area contributed by atoms with E-state index in [-0.39, 0.29) is 0 Å². The normalized spacial score (nSPS) is 19.9. The Morgan fingerprint density at radius 2 is 2.31 bits per heavy atom. The Balaban J connectivity index is 1.79. The molecule has 1 aliphatic heterocycles. The maximum atomic E-state index is 9.40. The predicted octanol–water partition coefficient (Wildman–Crippen LogP) is 1.07. The average Bonchev–Trinajstić information content (AvgIpc) is 2.76. The van der Waals surface area contributed by atoms with Gasteiger partial charge in [0, 0.05) is 32.3 Å². The maximum Gasteiger partial charge on any atom is 0.0941 e. The number of aromatic nitrogens is 1. The van der Waals surface area contributed by atoms with Gasteiger partial charge in [0.2, 0.25) is 0 Å². The van der Waals surface area contributed by atoms with Gasteiger partial charge in [-0.2, -0.15) is 0 Å². The zero-order chi connectivity index (χ0) is 11.4. The third-order valence-corrected chi connectivity index (χ3v) is 3.96. The lowest BCUT2D eigenvalue weighted by molar-refractivity contribution is 0.0384. The Labute approximate surface area is 99.9 Å². The van der Waals surface area contributed by atoms with Crippen LogP contribution in [-0.4, -0.2) is 47.8 Å². The van der Waals surface area contributed by atoms with Gasteiger partial charge in [-0.05, 0) is 6.92 Å². The number of aliphatic hydroxyl groups is 1. The largest absolute Gasteiger partial charge is 0.388 e. The van der Waals surface area contributed by atoms with Crippen LogP contribution in [0.4, 0.5) is 0 Å². The van der Waals surface area contributed by atoms with E-state index in [1.165, 1.54) is 0 Å². The quantitative estimate of drug-likeness (QED) is 0.858. The van der Waals surface area contributed by atoms with Crippen LogP contribution in [0.2, 0.25) is 0 Å². The molecule has 0 saturated carbocycles. The summed E-state index contributed by atoms with van der Waals surface area (Å²) in [6.07, 6.45) is 2.36. The summed E-state index contributed by atoms with van der Waals surface area (Å²) in [6, 6.07) is 0. The summed E-state index contributed by atoms with van der Waals surface area (Å²) in [5.41, 5.74) is 0. The lowest BCUT2D eigenvalue weighted by Gasteiger charge is -2.25. The first-order valence-electron chi connectivity index (χ1n) is 5.68. The minimum Gasteiger partial charge on any atom is -0.388 e. The van der Waals surface area contributed by atoms with Crippen molar-refractivity contribution in [2.75, 3.05) is 32.8 Å². The van der Waals surface area contributed by atoms with E-state index in [1.807, 2.05) is 0 Å². The Hall–Kier alpha value is -0.490. The van der Waals surface area contributed by atoms with Gasteiger partial charge in [0.05, 0.1) is 29.2 Å². The van der Waals surface area contributed by atoms with Crippen LogP contribution in [0.3, 0.4) is 0 Å². The maximum absolute atomic E-state index is 9.40. The summed E-state index contributed by atoms with van der Waals surface area (Å²) in [5, 5.41) is 10.5. The van der Waals surface area contributed by atoms with Crippen LogP contribution in [-0.2, 0) is 11.2 Å². The molecule has 2 rings (SSSR count). The first-order valence-corrected chi connectivity index (χ1v) is 6.50. The van der Waals surface area contributed by atoms with Crippen molar-refractivity contribution in [3.05, 3.63) is 16.1 Å². The second kappa shape index (κ2) is 5.72. The lowest BCUT2D eigenvalue weighted by atomic mass is 10.3. The molecule has 1 atom stereocenters. The summed E-state index contributed by atoms with van der Waals surface area (Å²) in [4.78, 5) is 7.67. The molecule has 1 unspecified atom stereocenters. The van der Waals surface area contributed by atoms with E-state index in [2.05, 4.69) is 9.88 Å². The molecule has 0 spiro atoms. The van der Waals surface area contributed by atoms with Crippen molar-refractivity contribution in [1.29, 1.82) is 0 Å². The third-order valence-electron chi connectivity index (χ3n) is 2.73. The van der Waals surface area contributed by atoms with Crippen LogP contribution in [0.15, 0.2) is 6.20 Å². The zero-order valence-corrected chi connectivity index (χ0v) is 10.4. The number of ether oxygens (including phenoxy) is 1. The number of hydrogen-bond donors (Lipinski definition) is 1. The first kappa shape index (κ1) is 12.0. The molecule has 0 amide bonds. The Morgan fingerprint density at radius 1 is 1.56 bits per heavy atom. The van der Waals surface area contributed by atoms with Crippen molar-refractivity contribution in [3.8, 4) is 0 Å². The third kappa shape index (κ3) is 3.25. The second-order valence-electron chi connectivity index (χ2n) is 4.04. The predicted molar refractivity (Wildman–Crippen MR) is 63.7 cm³/mol. The van der Waals surface area contributed by atoms with Gasteiger partial charge in [-0.1, -0.05) is 0 Å². The molecule has 1 N–H and O–H groups in total. The highest BCUT2D eigenvalue weighted by Crippen LogP contribution is 2.20. The molecule has 16 heavy (non-hydrogen) atoms. The molecule has 90 valence electrons. The lowest BCUT2D eigenvalue weighted by Crippen LogP contribution is -2.37. The van der Waals surface area contributed by atoms with E-state index < -0.39 is 6.10 Å². The Kier molecular flexibility index (Phi) is 4.29. The molecule has 0 aromatic carbocycles. The molecule has 1 aromatic rings. The van der Waals surface area contributed by atoms with Crippen LogP contribution in [0.1, 0.15) is 22.9 Å². The van der Waals surface area contributed by atoms with Gasteiger partial charge >= 0.3 is 0 Å². The molecule has 4 nitrogen and oxygen atoms in total. The van der Waals surface area contributed by atoms with Gasteiger partial charge < -0.3 is 9.84 Å². The summed E-state index contributed by atoms with van der Waals surface area (Å²) in [5.74, 6) is 0. The van der Waals surface area contributed by atoms with Gasteiger partial charge in [0.15, 0.2) is 0 Å². The van der Waals surface area contributed by atoms with Crippen LogP contribution in [0.25, 0.3) is 0 Å². The van der Waals surface area contributed by atoms with E-state index in [0.717, 1.165) is 49.2 Å². The van der Waals surface area contributed by atoms with E-state index in [1.54, 1.807) is 24.5 Å². The SMILES string of the molecule is CC(O)c1cnc(CCN2CCOCC2)s1. The van der Waals surface area contributed by atoms with Gasteiger partial charge in [0.25, 0.3) is 0 Å². The number of aliphatic hydroxyl groups excluding tert-OH is 1. The fourth-order valence-electron chi connectivity index (χ4n) is 1.71. The van der Waals surface area contributed by atoms with Gasteiger partial charge in [-0.3, -0.25) is 4.90 Å². The molecule has 1 aromatic heterocycles. The van der Waals surface area contributed by atoms with Crippen LogP contribution in [0.5, 0.6) is 0 Å². The molecule has 2 heterocycles. The van der Waals surface area contributed by atoms with Crippen molar-refractivity contribution in [2.45, 2.75) is 19.4 Å². The van der Waals surface area contributed by atoms with Crippen molar-refractivity contribution >= 4 is 11.3 Å². The minimum atomic E-state index is -0.394. The van der Waals surface area contributed by atoms with Crippen LogP contribution >= 0.6 is 11.3 Å². The summed E-state index contributed by atoms with van der Waals surface area (Å²) in [6.45, 7) is 6.55. The summed E-state index contributed by atoms with van der Waals surface area (Å²) < 4.78 is 5.30. The summed E-state index contributed by atoms with van der Waals surface area (Å²) >= 11 is 1.61. The van der Waals surface area contributed by atoms with E-state index in [4.69, 9.17) is 4.74 Å². The molecule has 0 aliphatic carbocycles. The molecule has 5 heteroatoms. The van der Waals surface area contributed by atoms with Crippen LogP contribution in [0, 0.1) is 0 Å². The van der Waals surface area contributed by atoms with E-state index >= 15 is 0 Å². The highest BCUT2D eigenvalue weighted by atomic mass is 32.1. The van der Waals surface area contributed by atoms with E-state index in [0.29, 0.717) is 0 Å². The van der Waals surface area contributed by atoms with Crippen molar-refractivity contribution in [3.63, 3.8) is 0 Å². The number of thiazole rings is 1. The summed E-state index contributed by atoms with van der Waals surface area (Å²) in [7, 11) is 0. The number of nitrogens with zero attached hydrogens (tertiary/aromatic N) is 2. The molecule has 1 aliphatic rings. The zero-order valence-electron chi connectivity index (χ0n) is 9.56. The second-order valence-corrected chi connectivity index (χ2v) is 5.18. The molecule has 1 saturated heterocycles. The van der Waals surface area contributed by atoms with Crippen molar-refractivity contribution < 1.29 is 9.84 Å². The van der Waals surface area contributed by atoms with Gasteiger partial charge in [-0.15, -0.1) is 11.3 Å². The number of hydrogen-bond acceptors (Lipinski definition) is 5. The monoisotopic (exact) mass is 242 g/mol. The van der Waals surface area contributed by atoms with Gasteiger partial charge in [0.1, 0.15) is 0 Å². The minimum absolute atomic E-state index is 0.394. The topological polar surface area (TPSA) is 45.6 Å². The number of morpholine rings is 1. The highest BCUT2D eigenvalue weighted by Gasteiger charge is 2.12. The smallest absolute Gasteiger partial charge is 0.0941 e. The molecular formula is C11H18N2O2S.